The van der Waals surface area contributed by atoms with Crippen molar-refractivity contribution in [1.29, 1.82) is 0 Å². The Bertz CT molecular complexity index is 326. The van der Waals surface area contributed by atoms with Crippen LogP contribution in [0, 0.1) is 5.92 Å². The van der Waals surface area contributed by atoms with Crippen LogP contribution >= 0.6 is 27.3 Å². The lowest BCUT2D eigenvalue weighted by Gasteiger charge is -2.33. The molecule has 4 heteroatoms. The van der Waals surface area contributed by atoms with Crippen molar-refractivity contribution in [3.63, 3.8) is 0 Å². The van der Waals surface area contributed by atoms with E-state index in [9.17, 15) is 0 Å². The first-order valence-corrected chi connectivity index (χ1v) is 7.33. The van der Waals surface area contributed by atoms with Crippen molar-refractivity contribution in [2.75, 3.05) is 18.0 Å². The van der Waals surface area contributed by atoms with Gasteiger partial charge in [-0.05, 0) is 18.8 Å². The molecule has 0 spiro atoms. The van der Waals surface area contributed by atoms with Gasteiger partial charge >= 0.3 is 0 Å². The van der Waals surface area contributed by atoms with Gasteiger partial charge in [0.15, 0.2) is 5.13 Å². The lowest BCUT2D eigenvalue weighted by Crippen LogP contribution is -2.40. The van der Waals surface area contributed by atoms with E-state index in [2.05, 4.69) is 45.0 Å². The second-order valence-electron chi connectivity index (χ2n) is 4.20. The van der Waals surface area contributed by atoms with Crippen LogP contribution in [0.1, 0.15) is 26.0 Å². The third-order valence-electron chi connectivity index (χ3n) is 3.04. The third-order valence-corrected chi connectivity index (χ3v) is 5.18. The number of halogens is 1. The van der Waals surface area contributed by atoms with E-state index in [-0.39, 0.29) is 0 Å². The number of thiazole rings is 1. The van der Waals surface area contributed by atoms with Gasteiger partial charge in [0.25, 0.3) is 0 Å². The molecule has 0 radical (unpaired) electrons. The number of hydrogen-bond acceptors (Lipinski definition) is 3. The highest BCUT2D eigenvalue weighted by Gasteiger charge is 2.25. The molecule has 0 amide bonds. The van der Waals surface area contributed by atoms with Crippen LogP contribution in [0.3, 0.4) is 0 Å². The summed E-state index contributed by atoms with van der Waals surface area (Å²) in [5, 5.41) is 3.37. The standard InChI is InChI=1S/C11H17BrN2S/c1-3-9-7-15-11(13-9)14-5-4-8(2)10(12)6-14/h7-8,10H,3-6H2,1-2H3. The summed E-state index contributed by atoms with van der Waals surface area (Å²) in [5.74, 6) is 0.784. The second kappa shape index (κ2) is 4.83. The highest BCUT2D eigenvalue weighted by atomic mass is 79.9. The summed E-state index contributed by atoms with van der Waals surface area (Å²) < 4.78 is 0. The van der Waals surface area contributed by atoms with E-state index in [1.165, 1.54) is 17.2 Å². The van der Waals surface area contributed by atoms with Crippen LogP contribution in [-0.4, -0.2) is 22.9 Å². The van der Waals surface area contributed by atoms with Gasteiger partial charge in [0.05, 0.1) is 5.69 Å². The zero-order valence-electron chi connectivity index (χ0n) is 9.24. The Morgan fingerprint density at radius 3 is 3.07 bits per heavy atom. The van der Waals surface area contributed by atoms with E-state index in [1.54, 1.807) is 11.3 Å². The van der Waals surface area contributed by atoms with E-state index in [1.807, 2.05) is 0 Å². The van der Waals surface area contributed by atoms with Gasteiger partial charge in [0, 0.05) is 23.3 Å². The number of rotatable bonds is 2. The second-order valence-corrected chi connectivity index (χ2v) is 6.22. The fourth-order valence-corrected chi connectivity index (χ4v) is 3.36. The van der Waals surface area contributed by atoms with Crippen LogP contribution < -0.4 is 4.90 Å². The minimum Gasteiger partial charge on any atom is -0.347 e. The number of aryl methyl sites for hydroxylation is 1. The maximum atomic E-state index is 4.64. The molecule has 2 heterocycles. The monoisotopic (exact) mass is 288 g/mol. The molecule has 0 bridgehead atoms. The Morgan fingerprint density at radius 2 is 2.47 bits per heavy atom. The van der Waals surface area contributed by atoms with Gasteiger partial charge in [-0.2, -0.15) is 0 Å². The first-order valence-electron chi connectivity index (χ1n) is 5.54. The summed E-state index contributed by atoms with van der Waals surface area (Å²) in [4.78, 5) is 7.65. The number of hydrogen-bond donors (Lipinski definition) is 0. The Morgan fingerprint density at radius 1 is 1.67 bits per heavy atom. The topological polar surface area (TPSA) is 16.1 Å². The maximum Gasteiger partial charge on any atom is 0.185 e. The first kappa shape index (κ1) is 11.4. The van der Waals surface area contributed by atoms with Crippen molar-refractivity contribution in [2.24, 2.45) is 5.92 Å². The Hall–Kier alpha value is -0.0900. The molecule has 84 valence electrons. The van der Waals surface area contributed by atoms with Gasteiger partial charge in [-0.25, -0.2) is 4.98 Å². The lowest BCUT2D eigenvalue weighted by atomic mass is 9.99. The zero-order chi connectivity index (χ0) is 10.8. The minimum atomic E-state index is 0.611. The third kappa shape index (κ3) is 2.53. The highest BCUT2D eigenvalue weighted by Crippen LogP contribution is 2.29. The fraction of sp³-hybridized carbons (Fsp3) is 0.727. The molecule has 1 aromatic rings. The molecular formula is C11H17BrN2S. The molecule has 1 aromatic heterocycles. The van der Waals surface area contributed by atoms with Gasteiger partial charge in [-0.1, -0.05) is 29.8 Å². The average molecular weight is 289 g/mol. The largest absolute Gasteiger partial charge is 0.347 e. The molecule has 0 aromatic carbocycles. The molecule has 15 heavy (non-hydrogen) atoms. The molecule has 2 unspecified atom stereocenters. The summed E-state index contributed by atoms with van der Waals surface area (Å²) in [5.41, 5.74) is 1.22. The molecule has 2 nitrogen and oxygen atoms in total. The van der Waals surface area contributed by atoms with Crippen molar-refractivity contribution in [3.8, 4) is 0 Å². The number of aromatic nitrogens is 1. The van der Waals surface area contributed by atoms with Crippen molar-refractivity contribution >= 4 is 32.4 Å². The van der Waals surface area contributed by atoms with Crippen molar-refractivity contribution in [2.45, 2.75) is 31.5 Å². The van der Waals surface area contributed by atoms with Crippen LogP contribution in [0.4, 0.5) is 5.13 Å². The molecule has 0 N–H and O–H groups in total. The summed E-state index contributed by atoms with van der Waals surface area (Å²) in [7, 11) is 0. The van der Waals surface area contributed by atoms with E-state index >= 15 is 0 Å². The lowest BCUT2D eigenvalue weighted by molar-refractivity contribution is 0.456. The van der Waals surface area contributed by atoms with Crippen LogP contribution in [-0.2, 0) is 6.42 Å². The van der Waals surface area contributed by atoms with Gasteiger partial charge < -0.3 is 4.90 Å². The molecular weight excluding hydrogens is 272 g/mol. The van der Waals surface area contributed by atoms with Crippen LogP contribution in [0.5, 0.6) is 0 Å². The predicted octanol–water partition coefficient (Wildman–Crippen LogP) is 3.32. The smallest absolute Gasteiger partial charge is 0.185 e. The van der Waals surface area contributed by atoms with Crippen LogP contribution in [0.2, 0.25) is 0 Å². The predicted molar refractivity (Wildman–Crippen MR) is 70.2 cm³/mol. The number of alkyl halides is 1. The molecule has 1 saturated heterocycles. The number of nitrogens with zero attached hydrogens (tertiary/aromatic N) is 2. The Labute approximate surface area is 104 Å². The molecule has 2 rings (SSSR count). The van der Waals surface area contributed by atoms with E-state index in [0.717, 1.165) is 25.4 Å². The molecule has 1 aliphatic heterocycles. The average Bonchev–Trinajstić information content (AvgIpc) is 2.70. The van der Waals surface area contributed by atoms with E-state index in [4.69, 9.17) is 0 Å². The van der Waals surface area contributed by atoms with E-state index in [0.29, 0.717) is 4.83 Å². The molecule has 0 aliphatic carbocycles. The fourth-order valence-electron chi connectivity index (χ4n) is 1.80. The Balaban J connectivity index is 2.05. The summed E-state index contributed by atoms with van der Waals surface area (Å²) in [6.07, 6.45) is 2.30. The van der Waals surface area contributed by atoms with Crippen LogP contribution in [0.15, 0.2) is 5.38 Å². The SMILES string of the molecule is CCc1csc(N2CCC(C)C(Br)C2)n1. The van der Waals surface area contributed by atoms with Gasteiger partial charge in [-0.3, -0.25) is 0 Å². The summed E-state index contributed by atoms with van der Waals surface area (Å²) in [6, 6.07) is 0. The molecule has 0 saturated carbocycles. The maximum absolute atomic E-state index is 4.64. The summed E-state index contributed by atoms with van der Waals surface area (Å²) in [6.45, 7) is 6.72. The molecule has 1 fully saturated rings. The van der Waals surface area contributed by atoms with Gasteiger partial charge in [-0.15, -0.1) is 11.3 Å². The van der Waals surface area contributed by atoms with Crippen molar-refractivity contribution < 1.29 is 0 Å². The Kier molecular flexibility index (Phi) is 3.67. The minimum absolute atomic E-state index is 0.611. The van der Waals surface area contributed by atoms with Crippen LogP contribution in [0.25, 0.3) is 0 Å². The van der Waals surface area contributed by atoms with Crippen molar-refractivity contribution in [3.05, 3.63) is 11.1 Å². The highest BCUT2D eigenvalue weighted by molar-refractivity contribution is 9.09. The molecule has 2 atom stereocenters. The van der Waals surface area contributed by atoms with Gasteiger partial charge in [0.1, 0.15) is 0 Å². The van der Waals surface area contributed by atoms with Gasteiger partial charge in [0.2, 0.25) is 0 Å². The number of anilines is 1. The summed E-state index contributed by atoms with van der Waals surface area (Å²) >= 11 is 5.53. The van der Waals surface area contributed by atoms with E-state index < -0.39 is 0 Å². The van der Waals surface area contributed by atoms with Crippen molar-refractivity contribution in [1.82, 2.24) is 4.98 Å². The normalized spacial score (nSPS) is 27.0. The zero-order valence-corrected chi connectivity index (χ0v) is 11.6. The number of piperidine rings is 1. The first-order chi connectivity index (χ1) is 7.20. The quantitative estimate of drug-likeness (QED) is 0.776. The molecule has 1 aliphatic rings.